The molecule has 31 heavy (non-hydrogen) atoms. The van der Waals surface area contributed by atoms with E-state index in [-0.39, 0.29) is 24.7 Å². The van der Waals surface area contributed by atoms with E-state index in [1.165, 1.54) is 28.6 Å². The number of nitrogens with one attached hydrogen (secondary N) is 1. The predicted octanol–water partition coefficient (Wildman–Crippen LogP) is 2.27. The molecule has 0 bridgehead atoms. The van der Waals surface area contributed by atoms with Crippen molar-refractivity contribution >= 4 is 23.4 Å². The summed E-state index contributed by atoms with van der Waals surface area (Å²) >= 11 is 0. The van der Waals surface area contributed by atoms with E-state index in [0.29, 0.717) is 23.6 Å². The number of rotatable bonds is 6. The Bertz CT molecular complexity index is 1180. The fraction of sp³-hybridized carbons (Fsp3) is 0.250. The first kappa shape index (κ1) is 20.1. The monoisotopic (exact) mass is 423 g/mol. The van der Waals surface area contributed by atoms with Crippen molar-refractivity contribution in [1.29, 1.82) is 0 Å². The highest BCUT2D eigenvalue weighted by Gasteiger charge is 2.32. The molecule has 1 saturated heterocycles. The maximum Gasteiger partial charge on any atom is 0.414 e. The van der Waals surface area contributed by atoms with Gasteiger partial charge in [-0.15, -0.1) is 5.10 Å². The molecule has 11 heteroatoms. The highest BCUT2D eigenvalue weighted by molar-refractivity contribution is 5.90. The van der Waals surface area contributed by atoms with E-state index >= 15 is 0 Å². The summed E-state index contributed by atoms with van der Waals surface area (Å²) in [6.45, 7) is 9.17. The number of carbonyl (C=O) groups excluding carboxylic acids is 2. The van der Waals surface area contributed by atoms with E-state index in [9.17, 15) is 14.0 Å². The Labute approximate surface area is 176 Å². The molecule has 0 radical (unpaired) electrons. The quantitative estimate of drug-likeness (QED) is 0.614. The molecule has 3 heterocycles. The summed E-state index contributed by atoms with van der Waals surface area (Å²) < 4.78 is 23.1. The van der Waals surface area contributed by atoms with Gasteiger partial charge < -0.3 is 14.6 Å². The zero-order chi connectivity index (χ0) is 22.0. The highest BCUT2D eigenvalue weighted by Crippen LogP contribution is 2.25. The number of benzene rings is 1. The smallest absolute Gasteiger partial charge is 0.414 e. The molecule has 158 valence electrons. The molecule has 1 aliphatic rings. The van der Waals surface area contributed by atoms with Crippen LogP contribution in [0, 0.1) is 12.4 Å². The fourth-order valence-corrected chi connectivity index (χ4v) is 3.21. The lowest BCUT2D eigenvalue weighted by Gasteiger charge is -2.14. The lowest BCUT2D eigenvalue weighted by atomic mass is 10.2. The van der Waals surface area contributed by atoms with Gasteiger partial charge in [-0.25, -0.2) is 18.7 Å². The van der Waals surface area contributed by atoms with Crippen molar-refractivity contribution in [3.63, 3.8) is 0 Å². The average Bonchev–Trinajstić information content (AvgIpc) is 3.47. The molecule has 3 aromatic rings. The summed E-state index contributed by atoms with van der Waals surface area (Å²) in [6, 6.07) is 6.02. The summed E-state index contributed by atoms with van der Waals surface area (Å²) in [7, 11) is 0. The molecule has 2 amide bonds. The van der Waals surface area contributed by atoms with Gasteiger partial charge in [0.1, 0.15) is 17.5 Å². The van der Waals surface area contributed by atoms with E-state index in [1.54, 1.807) is 35.3 Å². The molecule has 0 saturated carbocycles. The topological polar surface area (TPSA) is 98.6 Å². The van der Waals surface area contributed by atoms with E-state index in [1.807, 2.05) is 0 Å². The number of amides is 2. The van der Waals surface area contributed by atoms with E-state index < -0.39 is 18.0 Å². The van der Waals surface area contributed by atoms with Crippen molar-refractivity contribution in [1.82, 2.24) is 24.9 Å². The van der Waals surface area contributed by atoms with E-state index in [2.05, 4.69) is 20.5 Å². The van der Waals surface area contributed by atoms with Crippen LogP contribution < -0.4 is 10.2 Å². The summed E-state index contributed by atoms with van der Waals surface area (Å²) in [6.07, 6.45) is 3.94. The first-order chi connectivity index (χ1) is 14.9. The number of cyclic esters (lactones) is 1. The number of carbonyl (C=O) groups is 2. The normalized spacial score (nSPS) is 15.6. The van der Waals surface area contributed by atoms with Gasteiger partial charge in [0.15, 0.2) is 5.82 Å². The minimum absolute atomic E-state index is 0.180. The van der Waals surface area contributed by atoms with Crippen molar-refractivity contribution in [2.24, 2.45) is 0 Å². The first-order valence-corrected chi connectivity index (χ1v) is 9.40. The number of aromatic nitrogens is 4. The Morgan fingerprint density at radius 1 is 1.39 bits per heavy atom. The van der Waals surface area contributed by atoms with E-state index in [4.69, 9.17) is 11.3 Å². The van der Waals surface area contributed by atoms with Gasteiger partial charge >= 0.3 is 6.09 Å². The number of hydrogen-bond donors (Lipinski definition) is 1. The van der Waals surface area contributed by atoms with Crippen molar-refractivity contribution < 1.29 is 18.7 Å². The predicted molar refractivity (Wildman–Crippen MR) is 107 cm³/mol. The molecule has 0 aliphatic carbocycles. The van der Waals surface area contributed by atoms with Crippen LogP contribution in [0.5, 0.6) is 0 Å². The van der Waals surface area contributed by atoms with Crippen molar-refractivity contribution in [3.05, 3.63) is 65.8 Å². The van der Waals surface area contributed by atoms with Crippen LogP contribution in [0.2, 0.25) is 0 Å². The van der Waals surface area contributed by atoms with Crippen molar-refractivity contribution in [2.75, 3.05) is 18.0 Å². The van der Waals surface area contributed by atoms with Crippen LogP contribution in [0.1, 0.15) is 12.6 Å². The van der Waals surface area contributed by atoms with Gasteiger partial charge in [-0.3, -0.25) is 9.69 Å². The molecule has 10 nitrogen and oxygen atoms in total. The Morgan fingerprint density at radius 3 is 2.94 bits per heavy atom. The molecule has 0 spiro atoms. The molecule has 1 fully saturated rings. The van der Waals surface area contributed by atoms with Gasteiger partial charge in [-0.2, -0.15) is 0 Å². The Hall–Kier alpha value is -4.20. The van der Waals surface area contributed by atoms with Gasteiger partial charge in [0, 0.05) is 13.1 Å². The van der Waals surface area contributed by atoms with Gasteiger partial charge in [0.2, 0.25) is 11.6 Å². The standard InChI is InChI=1S/C20H18FN7O3/c1-13(29)23-8-17-12-27(20(30)31-17)16-3-4-19(18(21)7-16)28-11-15(24-25-28)10-26-6-5-14(9-26)22-2/h3-7,9,11,17H,8,10,12H2,1H3,(H,23,29)/t17-/m0/s1. The van der Waals surface area contributed by atoms with Crippen LogP contribution in [0.3, 0.4) is 0 Å². The van der Waals surface area contributed by atoms with Crippen LogP contribution in [-0.2, 0) is 16.1 Å². The van der Waals surface area contributed by atoms with Crippen LogP contribution in [0.4, 0.5) is 20.6 Å². The van der Waals surface area contributed by atoms with Crippen LogP contribution >= 0.6 is 0 Å². The molecular weight excluding hydrogens is 405 g/mol. The molecule has 1 aliphatic heterocycles. The largest absolute Gasteiger partial charge is 0.442 e. The first-order valence-electron chi connectivity index (χ1n) is 9.40. The van der Waals surface area contributed by atoms with Gasteiger partial charge in [-0.1, -0.05) is 5.21 Å². The van der Waals surface area contributed by atoms with Crippen molar-refractivity contribution in [3.8, 4) is 5.69 Å². The van der Waals surface area contributed by atoms with Crippen molar-refractivity contribution in [2.45, 2.75) is 19.6 Å². The SMILES string of the molecule is [C-]#[N+]c1ccn(Cc2cn(-c3ccc(N4C[C@H](CNC(C)=O)OC4=O)cc3F)nn2)c1. The minimum atomic E-state index is -0.601. The summed E-state index contributed by atoms with van der Waals surface area (Å²) in [5, 5.41) is 10.6. The van der Waals surface area contributed by atoms with Crippen LogP contribution in [0.25, 0.3) is 10.5 Å². The number of anilines is 1. The lowest BCUT2D eigenvalue weighted by molar-refractivity contribution is -0.119. The fourth-order valence-electron chi connectivity index (χ4n) is 3.21. The molecule has 0 unspecified atom stereocenters. The molecule has 4 rings (SSSR count). The summed E-state index contributed by atoms with van der Waals surface area (Å²) in [4.78, 5) is 27.8. The molecule has 2 aromatic heterocycles. The third-order valence-corrected chi connectivity index (χ3v) is 4.69. The zero-order valence-corrected chi connectivity index (χ0v) is 16.5. The Kier molecular flexibility index (Phi) is 5.36. The third-order valence-electron chi connectivity index (χ3n) is 4.69. The lowest BCUT2D eigenvalue weighted by Crippen LogP contribution is -2.33. The van der Waals surface area contributed by atoms with Gasteiger partial charge in [0.25, 0.3) is 0 Å². The van der Waals surface area contributed by atoms with Gasteiger partial charge in [-0.05, 0) is 30.5 Å². The second-order valence-electron chi connectivity index (χ2n) is 7.00. The van der Waals surface area contributed by atoms with E-state index in [0.717, 1.165) is 0 Å². The Morgan fingerprint density at radius 2 is 2.23 bits per heavy atom. The van der Waals surface area contributed by atoms with Crippen LogP contribution in [0.15, 0.2) is 42.9 Å². The second kappa shape index (κ2) is 8.27. The summed E-state index contributed by atoms with van der Waals surface area (Å²) in [5.41, 5.74) is 1.64. The number of halogens is 1. The maximum absolute atomic E-state index is 14.8. The second-order valence-corrected chi connectivity index (χ2v) is 7.00. The molecule has 1 N–H and O–H groups in total. The molecular formula is C20H18FN7O3. The summed E-state index contributed by atoms with van der Waals surface area (Å²) in [5.74, 6) is -0.802. The molecule has 1 aromatic carbocycles. The Balaban J connectivity index is 1.47. The highest BCUT2D eigenvalue weighted by atomic mass is 19.1. The number of nitrogens with zero attached hydrogens (tertiary/aromatic N) is 6. The number of hydrogen-bond acceptors (Lipinski definition) is 5. The van der Waals surface area contributed by atoms with Gasteiger partial charge in [0.05, 0.1) is 38.1 Å². The zero-order valence-electron chi connectivity index (χ0n) is 16.5. The maximum atomic E-state index is 14.8. The number of ether oxygens (including phenoxy) is 1. The molecule has 1 atom stereocenters. The average molecular weight is 423 g/mol. The van der Waals surface area contributed by atoms with Crippen LogP contribution in [-0.4, -0.2) is 50.8 Å². The third kappa shape index (κ3) is 4.37. The minimum Gasteiger partial charge on any atom is -0.442 e.